The van der Waals surface area contributed by atoms with Crippen LogP contribution in [-0.4, -0.2) is 31.1 Å². The van der Waals surface area contributed by atoms with Crippen LogP contribution in [0.15, 0.2) is 0 Å². The van der Waals surface area contributed by atoms with Crippen LogP contribution >= 0.6 is 11.6 Å². The van der Waals surface area contributed by atoms with Gasteiger partial charge in [-0.3, -0.25) is 0 Å². The van der Waals surface area contributed by atoms with E-state index < -0.39 is 17.8 Å². The van der Waals surface area contributed by atoms with Gasteiger partial charge in [-0.25, -0.2) is 14.9 Å². The lowest BCUT2D eigenvalue weighted by Crippen LogP contribution is -2.42. The molecule has 0 radical (unpaired) electrons. The quantitative estimate of drug-likeness (QED) is 0.547. The summed E-state index contributed by atoms with van der Waals surface area (Å²) in [5, 5.41) is 2.72. The fourth-order valence-electron chi connectivity index (χ4n) is 0.793. The molecule has 0 aromatic carbocycles. The summed E-state index contributed by atoms with van der Waals surface area (Å²) >= 11 is 4.91. The molecular formula is C6H8ClNO5. The Bertz CT molecular complexity index is 209. The molecule has 13 heavy (non-hydrogen) atoms. The molecule has 0 bridgehead atoms. The predicted molar refractivity (Wildman–Crippen MR) is 41.2 cm³/mol. The fourth-order valence-corrected chi connectivity index (χ4v) is 0.870. The van der Waals surface area contributed by atoms with Crippen molar-refractivity contribution < 1.29 is 23.8 Å². The summed E-state index contributed by atoms with van der Waals surface area (Å²) in [5.41, 5.74) is -0.876. The number of ether oxygens (including phenoxy) is 3. The fraction of sp³-hybridized carbons (Fsp3) is 0.667. The third-order valence-electron chi connectivity index (χ3n) is 1.34. The molecule has 1 fully saturated rings. The summed E-state index contributed by atoms with van der Waals surface area (Å²) in [4.78, 5) is 20.7. The van der Waals surface area contributed by atoms with Gasteiger partial charge in [0.25, 0.3) is 0 Å². The first-order valence-corrected chi connectivity index (χ1v) is 3.95. The van der Waals surface area contributed by atoms with Gasteiger partial charge in [-0.2, -0.15) is 0 Å². The van der Waals surface area contributed by atoms with E-state index in [0.717, 1.165) is 0 Å². The Labute approximate surface area is 79.1 Å². The van der Waals surface area contributed by atoms with Crippen LogP contribution in [0.25, 0.3) is 0 Å². The first-order chi connectivity index (χ1) is 6.18. The molecule has 0 spiro atoms. The van der Waals surface area contributed by atoms with E-state index in [4.69, 9.17) is 11.6 Å². The molecule has 1 heterocycles. The third kappa shape index (κ3) is 3.95. The van der Waals surface area contributed by atoms with E-state index in [9.17, 15) is 9.59 Å². The van der Waals surface area contributed by atoms with Gasteiger partial charge in [0, 0.05) is 18.0 Å². The van der Waals surface area contributed by atoms with Crippen LogP contribution in [0.1, 0.15) is 6.42 Å². The highest BCUT2D eigenvalue weighted by Gasteiger charge is 2.20. The van der Waals surface area contributed by atoms with Crippen molar-refractivity contribution in [2.75, 3.05) is 13.3 Å². The molecule has 0 saturated carbocycles. The van der Waals surface area contributed by atoms with Crippen molar-refractivity contribution >= 4 is 23.2 Å². The van der Waals surface area contributed by atoms with Crippen molar-refractivity contribution in [2.24, 2.45) is 0 Å². The normalized spacial score (nSPS) is 21.6. The van der Waals surface area contributed by atoms with E-state index in [1.165, 1.54) is 0 Å². The number of hydrogen-bond donors (Lipinski definition) is 1. The number of carbonyl (C=O) groups excluding carboxylic acids is 2. The van der Waals surface area contributed by atoms with Crippen molar-refractivity contribution in [3.05, 3.63) is 0 Å². The molecule has 1 saturated heterocycles. The Morgan fingerprint density at radius 1 is 1.77 bits per heavy atom. The molecule has 1 N–H and O–H groups in total. The first kappa shape index (κ1) is 10.1. The molecule has 74 valence electrons. The zero-order valence-corrected chi connectivity index (χ0v) is 7.37. The molecule has 1 rings (SSSR count). The summed E-state index contributed by atoms with van der Waals surface area (Å²) in [5.74, 6) is 0. The van der Waals surface area contributed by atoms with Gasteiger partial charge in [-0.15, -0.1) is 0 Å². The molecule has 1 aliphatic heterocycles. The van der Waals surface area contributed by atoms with Gasteiger partial charge >= 0.3 is 11.6 Å². The number of nitrogens with one attached hydrogen (secondary N) is 1. The highest BCUT2D eigenvalue weighted by atomic mass is 35.5. The minimum atomic E-state index is -0.876. The van der Waals surface area contributed by atoms with Crippen LogP contribution in [0.4, 0.5) is 9.59 Å². The summed E-state index contributed by atoms with van der Waals surface area (Å²) in [7, 11) is 0. The van der Waals surface area contributed by atoms with Gasteiger partial charge in [0.1, 0.15) is 6.73 Å². The minimum Gasteiger partial charge on any atom is -0.453 e. The van der Waals surface area contributed by atoms with Crippen LogP contribution in [-0.2, 0) is 14.2 Å². The molecular weight excluding hydrogens is 202 g/mol. The van der Waals surface area contributed by atoms with Crippen LogP contribution < -0.4 is 5.32 Å². The van der Waals surface area contributed by atoms with Gasteiger partial charge in [-0.05, 0) is 0 Å². The summed E-state index contributed by atoms with van der Waals surface area (Å²) < 4.78 is 13.5. The highest BCUT2D eigenvalue weighted by Crippen LogP contribution is 2.03. The number of hydrogen-bond acceptors (Lipinski definition) is 6. The topological polar surface area (TPSA) is 73.9 Å². The average Bonchev–Trinajstić information content (AvgIpc) is 2.03. The third-order valence-corrected chi connectivity index (χ3v) is 1.44. The molecule has 1 aliphatic rings. The zero-order chi connectivity index (χ0) is 9.68. The lowest BCUT2D eigenvalue weighted by Gasteiger charge is -2.22. The van der Waals surface area contributed by atoms with E-state index in [1.807, 2.05) is 0 Å². The second-order valence-electron chi connectivity index (χ2n) is 2.22. The number of rotatable bonds is 3. The maximum Gasteiger partial charge on any atom is 0.511 e. The molecule has 1 unspecified atom stereocenters. The van der Waals surface area contributed by atoms with E-state index >= 15 is 0 Å². The standard InChI is InChI=1S/C6H8ClNO5/c7-5(9)11-2-1-4-8-3-12-6(10)13-4/h4,8H,1-3H2. The van der Waals surface area contributed by atoms with Gasteiger partial charge in [-0.1, -0.05) is 0 Å². The van der Waals surface area contributed by atoms with Gasteiger partial charge < -0.3 is 14.2 Å². The van der Waals surface area contributed by atoms with Crippen molar-refractivity contribution in [3.8, 4) is 0 Å². The van der Waals surface area contributed by atoms with E-state index in [1.54, 1.807) is 0 Å². The second-order valence-corrected chi connectivity index (χ2v) is 2.53. The summed E-state index contributed by atoms with van der Waals surface area (Å²) in [6.45, 7) is 0.186. The van der Waals surface area contributed by atoms with Crippen molar-refractivity contribution in [1.29, 1.82) is 0 Å². The second kappa shape index (κ2) is 4.88. The van der Waals surface area contributed by atoms with Crippen LogP contribution in [0, 0.1) is 0 Å². The molecule has 0 aromatic rings. The van der Waals surface area contributed by atoms with E-state index in [-0.39, 0.29) is 13.3 Å². The highest BCUT2D eigenvalue weighted by molar-refractivity contribution is 6.61. The van der Waals surface area contributed by atoms with Crippen LogP contribution in [0.5, 0.6) is 0 Å². The molecule has 7 heteroatoms. The largest absolute Gasteiger partial charge is 0.511 e. The van der Waals surface area contributed by atoms with E-state index in [0.29, 0.717) is 6.42 Å². The summed E-state index contributed by atoms with van der Waals surface area (Å²) in [6, 6.07) is 0. The SMILES string of the molecule is O=C(Cl)OCCC1NCOC(=O)O1. The first-order valence-electron chi connectivity index (χ1n) is 3.57. The molecule has 1 atom stereocenters. The van der Waals surface area contributed by atoms with Gasteiger partial charge in [0.2, 0.25) is 0 Å². The van der Waals surface area contributed by atoms with E-state index in [2.05, 4.69) is 19.5 Å². The smallest absolute Gasteiger partial charge is 0.453 e. The average molecular weight is 210 g/mol. The zero-order valence-electron chi connectivity index (χ0n) is 6.62. The Morgan fingerprint density at radius 3 is 3.15 bits per heavy atom. The maximum absolute atomic E-state index is 10.6. The maximum atomic E-state index is 10.6. The Kier molecular flexibility index (Phi) is 3.78. The molecule has 0 aliphatic carbocycles. The van der Waals surface area contributed by atoms with Gasteiger partial charge in [0.15, 0.2) is 6.23 Å². The molecule has 6 nitrogen and oxygen atoms in total. The predicted octanol–water partition coefficient (Wildman–Crippen LogP) is 0.792. The Morgan fingerprint density at radius 2 is 2.54 bits per heavy atom. The number of cyclic esters (lactones) is 2. The van der Waals surface area contributed by atoms with Crippen molar-refractivity contribution in [3.63, 3.8) is 0 Å². The van der Waals surface area contributed by atoms with Crippen molar-refractivity contribution in [2.45, 2.75) is 12.6 Å². The van der Waals surface area contributed by atoms with Gasteiger partial charge in [0.05, 0.1) is 6.61 Å². The minimum absolute atomic E-state index is 0.0906. The molecule has 0 amide bonds. The number of carbonyl (C=O) groups is 2. The Hall–Kier alpha value is -1.01. The lowest BCUT2D eigenvalue weighted by atomic mass is 10.4. The van der Waals surface area contributed by atoms with Crippen LogP contribution in [0.3, 0.4) is 0 Å². The molecule has 0 aromatic heterocycles. The lowest BCUT2D eigenvalue weighted by molar-refractivity contribution is -0.0498. The Balaban J connectivity index is 2.13. The van der Waals surface area contributed by atoms with Crippen LogP contribution in [0.2, 0.25) is 0 Å². The van der Waals surface area contributed by atoms with Crippen molar-refractivity contribution in [1.82, 2.24) is 5.32 Å². The number of halogens is 1. The summed E-state index contributed by atoms with van der Waals surface area (Å²) in [6.07, 6.45) is -0.883. The monoisotopic (exact) mass is 209 g/mol.